The van der Waals surface area contributed by atoms with Crippen LogP contribution in [0.1, 0.15) is 5.56 Å². The molecule has 0 fully saturated rings. The van der Waals surface area contributed by atoms with E-state index in [1.165, 1.54) is 18.2 Å². The number of halogens is 1. The average molecular weight is 459 g/mol. The first-order valence-corrected chi connectivity index (χ1v) is 10.5. The van der Waals surface area contributed by atoms with E-state index < -0.39 is 10.1 Å². The summed E-state index contributed by atoms with van der Waals surface area (Å²) < 4.78 is 38.3. The number of fused-ring (bicyclic) bond motifs is 1. The summed E-state index contributed by atoms with van der Waals surface area (Å²) in [6, 6.07) is 18.4. The SMILES string of the molecule is Cc1ccc(S(=O)(=O)Oc2ccc3oc(=N)n(-c4cccc(Br)c4)c3c2)cc1. The Bertz CT molecular complexity index is 1340. The maximum absolute atomic E-state index is 12.6. The molecule has 0 radical (unpaired) electrons. The van der Waals surface area contributed by atoms with Crippen LogP contribution in [0.3, 0.4) is 0 Å². The third-order valence-corrected chi connectivity index (χ3v) is 5.92. The number of rotatable bonds is 4. The van der Waals surface area contributed by atoms with Crippen molar-refractivity contribution >= 4 is 37.1 Å². The molecule has 0 saturated carbocycles. The fraction of sp³-hybridized carbons (Fsp3) is 0.0500. The molecule has 8 heteroatoms. The van der Waals surface area contributed by atoms with Gasteiger partial charge in [0.2, 0.25) is 0 Å². The average Bonchev–Trinajstić information content (AvgIpc) is 2.97. The van der Waals surface area contributed by atoms with Crippen LogP contribution in [0.25, 0.3) is 16.8 Å². The highest BCUT2D eigenvalue weighted by Crippen LogP contribution is 2.26. The number of nitrogens with one attached hydrogen (secondary N) is 1. The highest BCUT2D eigenvalue weighted by molar-refractivity contribution is 9.10. The van der Waals surface area contributed by atoms with Crippen molar-refractivity contribution in [1.29, 1.82) is 5.41 Å². The van der Waals surface area contributed by atoms with Gasteiger partial charge >= 0.3 is 10.1 Å². The lowest BCUT2D eigenvalue weighted by atomic mass is 10.2. The number of nitrogens with zero attached hydrogens (tertiary/aromatic N) is 1. The van der Waals surface area contributed by atoms with E-state index in [2.05, 4.69) is 15.9 Å². The maximum Gasteiger partial charge on any atom is 0.339 e. The molecule has 0 amide bonds. The first-order valence-electron chi connectivity index (χ1n) is 8.31. The van der Waals surface area contributed by atoms with E-state index >= 15 is 0 Å². The molecule has 0 aliphatic rings. The van der Waals surface area contributed by atoms with Crippen LogP contribution >= 0.6 is 15.9 Å². The molecule has 142 valence electrons. The van der Waals surface area contributed by atoms with Crippen molar-refractivity contribution < 1.29 is 17.0 Å². The lowest BCUT2D eigenvalue weighted by molar-refractivity contribution is 0.486. The van der Waals surface area contributed by atoms with E-state index in [1.54, 1.807) is 28.8 Å². The van der Waals surface area contributed by atoms with Gasteiger partial charge in [-0.1, -0.05) is 39.7 Å². The van der Waals surface area contributed by atoms with Crippen LogP contribution in [0.2, 0.25) is 0 Å². The Morgan fingerprint density at radius 1 is 1.04 bits per heavy atom. The zero-order valence-corrected chi connectivity index (χ0v) is 17.1. The van der Waals surface area contributed by atoms with Gasteiger partial charge in [0.05, 0.1) is 11.2 Å². The summed E-state index contributed by atoms with van der Waals surface area (Å²) in [7, 11) is -3.97. The first-order chi connectivity index (χ1) is 13.3. The van der Waals surface area contributed by atoms with E-state index in [4.69, 9.17) is 14.0 Å². The second kappa shape index (κ2) is 6.96. The molecular formula is C20H15BrN2O4S. The predicted molar refractivity (Wildman–Crippen MR) is 108 cm³/mol. The van der Waals surface area contributed by atoms with Crippen molar-refractivity contribution in [3.8, 4) is 11.4 Å². The van der Waals surface area contributed by atoms with E-state index in [0.29, 0.717) is 16.8 Å². The van der Waals surface area contributed by atoms with E-state index in [-0.39, 0.29) is 16.3 Å². The van der Waals surface area contributed by atoms with Gasteiger partial charge in [-0.25, -0.2) is 0 Å². The first kappa shape index (κ1) is 18.5. The largest absolute Gasteiger partial charge is 0.423 e. The molecular weight excluding hydrogens is 444 g/mol. The minimum atomic E-state index is -3.97. The van der Waals surface area contributed by atoms with Gasteiger partial charge in [-0.15, -0.1) is 0 Å². The van der Waals surface area contributed by atoms with Gasteiger partial charge in [0.15, 0.2) is 5.58 Å². The summed E-state index contributed by atoms with van der Waals surface area (Å²) in [5.41, 5.74) is 2.56. The molecule has 0 spiro atoms. The van der Waals surface area contributed by atoms with Crippen LogP contribution in [-0.2, 0) is 10.1 Å². The fourth-order valence-corrected chi connectivity index (χ4v) is 4.13. The number of aryl methyl sites for hydroxylation is 1. The normalized spacial score (nSPS) is 11.6. The highest BCUT2D eigenvalue weighted by Gasteiger charge is 2.18. The van der Waals surface area contributed by atoms with E-state index in [9.17, 15) is 8.42 Å². The van der Waals surface area contributed by atoms with Gasteiger partial charge in [0, 0.05) is 10.5 Å². The molecule has 1 heterocycles. The minimum Gasteiger partial charge on any atom is -0.423 e. The lowest BCUT2D eigenvalue weighted by Gasteiger charge is -2.08. The monoisotopic (exact) mass is 458 g/mol. The fourth-order valence-electron chi connectivity index (χ4n) is 2.82. The van der Waals surface area contributed by atoms with Gasteiger partial charge in [0.25, 0.3) is 5.68 Å². The predicted octanol–water partition coefficient (Wildman–Crippen LogP) is 4.54. The highest BCUT2D eigenvalue weighted by atomic mass is 79.9. The second-order valence-electron chi connectivity index (χ2n) is 6.20. The Balaban J connectivity index is 1.78. The van der Waals surface area contributed by atoms with E-state index in [1.807, 2.05) is 31.2 Å². The van der Waals surface area contributed by atoms with Gasteiger partial charge < -0.3 is 8.60 Å². The Morgan fingerprint density at radius 2 is 1.79 bits per heavy atom. The van der Waals surface area contributed by atoms with Crippen molar-refractivity contribution in [2.75, 3.05) is 0 Å². The minimum absolute atomic E-state index is 0.0754. The third-order valence-electron chi connectivity index (χ3n) is 4.16. The third kappa shape index (κ3) is 3.48. The maximum atomic E-state index is 12.6. The van der Waals surface area contributed by atoms with Crippen LogP contribution in [-0.4, -0.2) is 13.0 Å². The van der Waals surface area contributed by atoms with Gasteiger partial charge in [-0.3, -0.25) is 9.98 Å². The molecule has 1 N–H and O–H groups in total. The van der Waals surface area contributed by atoms with Crippen LogP contribution in [0.5, 0.6) is 5.75 Å². The Morgan fingerprint density at radius 3 is 2.50 bits per heavy atom. The Kier molecular flexibility index (Phi) is 4.60. The Hall–Kier alpha value is -2.84. The molecule has 0 atom stereocenters. The van der Waals surface area contributed by atoms with Gasteiger partial charge in [-0.2, -0.15) is 8.42 Å². The van der Waals surface area contributed by atoms with Crippen molar-refractivity contribution in [2.24, 2.45) is 0 Å². The van der Waals surface area contributed by atoms with Gasteiger partial charge in [0.1, 0.15) is 10.6 Å². The summed E-state index contributed by atoms with van der Waals surface area (Å²) in [4.78, 5) is 0.0754. The van der Waals surface area contributed by atoms with Gasteiger partial charge in [-0.05, 0) is 49.4 Å². The van der Waals surface area contributed by atoms with Crippen LogP contribution in [0, 0.1) is 12.3 Å². The van der Waals surface area contributed by atoms with Crippen molar-refractivity contribution in [2.45, 2.75) is 11.8 Å². The molecule has 4 aromatic rings. The molecule has 0 bridgehead atoms. The zero-order valence-electron chi connectivity index (χ0n) is 14.7. The number of hydrogen-bond donors (Lipinski definition) is 1. The lowest BCUT2D eigenvalue weighted by Crippen LogP contribution is -2.12. The standard InChI is InChI=1S/C20H15BrN2O4S/c1-13-5-8-17(9-6-13)28(24,25)27-16-7-10-19-18(12-16)23(20(22)26-19)15-4-2-3-14(21)11-15/h2-12,22H,1H3. The van der Waals surface area contributed by atoms with Crippen LogP contribution in [0.15, 0.2) is 80.5 Å². The summed E-state index contributed by atoms with van der Waals surface area (Å²) in [5.74, 6) is 0.137. The number of aromatic nitrogens is 1. The summed E-state index contributed by atoms with van der Waals surface area (Å²) in [6.45, 7) is 1.88. The molecule has 0 aliphatic carbocycles. The molecule has 4 rings (SSSR count). The zero-order chi connectivity index (χ0) is 19.9. The number of oxazole rings is 1. The molecule has 3 aromatic carbocycles. The number of benzene rings is 3. The van der Waals surface area contributed by atoms with Crippen molar-refractivity contribution in [3.63, 3.8) is 0 Å². The summed E-state index contributed by atoms with van der Waals surface area (Å²) in [6.07, 6.45) is 0. The summed E-state index contributed by atoms with van der Waals surface area (Å²) >= 11 is 3.41. The van der Waals surface area contributed by atoms with Crippen molar-refractivity contribution in [1.82, 2.24) is 4.57 Å². The van der Waals surface area contributed by atoms with Crippen molar-refractivity contribution in [3.05, 3.63) is 82.5 Å². The molecule has 0 unspecified atom stereocenters. The number of hydrogen-bond acceptors (Lipinski definition) is 5. The second-order valence-corrected chi connectivity index (χ2v) is 8.66. The Labute approximate surface area is 169 Å². The smallest absolute Gasteiger partial charge is 0.339 e. The topological polar surface area (TPSA) is 85.3 Å². The molecule has 28 heavy (non-hydrogen) atoms. The molecule has 0 aliphatic heterocycles. The molecule has 0 saturated heterocycles. The molecule has 1 aromatic heterocycles. The van der Waals surface area contributed by atoms with E-state index in [0.717, 1.165) is 10.0 Å². The van der Waals surface area contributed by atoms with Crippen LogP contribution in [0.4, 0.5) is 0 Å². The van der Waals surface area contributed by atoms with Crippen LogP contribution < -0.4 is 9.87 Å². The quantitative estimate of drug-likeness (QED) is 0.454. The molecule has 6 nitrogen and oxygen atoms in total. The summed E-state index contributed by atoms with van der Waals surface area (Å²) in [5, 5.41) is 8.13.